The van der Waals surface area contributed by atoms with Gasteiger partial charge in [0.05, 0.1) is 23.1 Å². The van der Waals surface area contributed by atoms with E-state index in [1.807, 2.05) is 6.07 Å². The van der Waals surface area contributed by atoms with Gasteiger partial charge in [-0.3, -0.25) is 4.79 Å². The summed E-state index contributed by atoms with van der Waals surface area (Å²) in [6.07, 6.45) is 17.5. The number of nitriles is 1. The number of aromatic nitrogens is 2. The highest BCUT2D eigenvalue weighted by molar-refractivity contribution is 5.75. The Balaban J connectivity index is 1.44. The summed E-state index contributed by atoms with van der Waals surface area (Å²) in [5, 5.41) is 18.3. The van der Waals surface area contributed by atoms with Gasteiger partial charge in [0.15, 0.2) is 0 Å². The van der Waals surface area contributed by atoms with Crippen LogP contribution in [0.2, 0.25) is 0 Å². The first kappa shape index (κ1) is 28.8. The fraction of sp³-hybridized carbons (Fsp3) is 0.625. The van der Waals surface area contributed by atoms with Crippen molar-refractivity contribution in [1.29, 1.82) is 5.26 Å². The van der Waals surface area contributed by atoms with Gasteiger partial charge in [0.2, 0.25) is 5.88 Å². The second-order valence-corrected chi connectivity index (χ2v) is 10.9. The number of hydrogen-bond acceptors (Lipinski definition) is 5. The van der Waals surface area contributed by atoms with E-state index < -0.39 is 0 Å². The van der Waals surface area contributed by atoms with Crippen LogP contribution in [0.1, 0.15) is 116 Å². The predicted molar refractivity (Wildman–Crippen MR) is 149 cm³/mol. The molecule has 200 valence electrons. The number of unbranched alkanes of at least 4 members (excludes halogenated alkanes) is 8. The molecule has 0 amide bonds. The topological polar surface area (TPSA) is 75.9 Å². The molecule has 1 aliphatic carbocycles. The first-order valence-corrected chi connectivity index (χ1v) is 14.6. The maximum atomic E-state index is 12.8. The van der Waals surface area contributed by atoms with Crippen LogP contribution in [0.3, 0.4) is 0 Å². The average Bonchev–Trinajstić information content (AvgIpc) is 2.94. The summed E-state index contributed by atoms with van der Waals surface area (Å²) in [4.78, 5) is 12.8. The number of hydrogen-bond donors (Lipinski definition) is 0. The summed E-state index contributed by atoms with van der Waals surface area (Å²) >= 11 is 0. The molecule has 1 aromatic carbocycles. The zero-order valence-corrected chi connectivity index (χ0v) is 23.0. The maximum Gasteiger partial charge on any atom is 0.315 e. The Morgan fingerprint density at radius 1 is 0.892 bits per heavy atom. The van der Waals surface area contributed by atoms with Crippen molar-refractivity contribution < 1.29 is 9.53 Å². The van der Waals surface area contributed by atoms with Gasteiger partial charge in [0.25, 0.3) is 0 Å². The molecule has 1 heterocycles. The highest BCUT2D eigenvalue weighted by Crippen LogP contribution is 2.42. The van der Waals surface area contributed by atoms with Gasteiger partial charge >= 0.3 is 5.97 Å². The molecule has 0 aliphatic heterocycles. The molecule has 0 bridgehead atoms. The van der Waals surface area contributed by atoms with Crippen molar-refractivity contribution in [2.45, 2.75) is 117 Å². The molecular formula is C32H45N3O2. The third kappa shape index (κ3) is 9.26. The highest BCUT2D eigenvalue weighted by atomic mass is 16.5. The van der Waals surface area contributed by atoms with Crippen LogP contribution in [0.5, 0.6) is 5.88 Å². The van der Waals surface area contributed by atoms with Crippen LogP contribution in [0.25, 0.3) is 11.3 Å². The molecule has 0 saturated heterocycles. The van der Waals surface area contributed by atoms with Gasteiger partial charge in [-0.1, -0.05) is 95.9 Å². The van der Waals surface area contributed by atoms with E-state index in [2.05, 4.69) is 54.4 Å². The summed E-state index contributed by atoms with van der Waals surface area (Å²) in [6.45, 7) is 4.46. The standard InChI is InChI=1S/C32H45N3O2/c1-3-5-7-9-11-13-26-14-16-27(17-15-26)29-18-19-30(35-34-29)37-31(36)28-20-23-32(25-33,24-21-28)22-12-10-8-6-4-2/h14-19,28H,3-13,20-24H2,1-2H3/t28-,32-. The molecule has 1 aromatic heterocycles. The van der Waals surface area contributed by atoms with Crippen molar-refractivity contribution in [1.82, 2.24) is 10.2 Å². The van der Waals surface area contributed by atoms with Gasteiger partial charge in [-0.05, 0) is 56.6 Å². The summed E-state index contributed by atoms with van der Waals surface area (Å²) in [5.41, 5.74) is 2.86. The largest absolute Gasteiger partial charge is 0.406 e. The Labute approximate surface area is 224 Å². The lowest BCUT2D eigenvalue weighted by atomic mass is 9.69. The highest BCUT2D eigenvalue weighted by Gasteiger charge is 2.38. The van der Waals surface area contributed by atoms with Crippen LogP contribution in [0.4, 0.5) is 0 Å². The van der Waals surface area contributed by atoms with Crippen LogP contribution in [-0.2, 0) is 11.2 Å². The molecule has 1 fully saturated rings. The summed E-state index contributed by atoms with van der Waals surface area (Å²) in [7, 11) is 0. The molecule has 0 radical (unpaired) electrons. The molecule has 5 heteroatoms. The number of esters is 1. The molecule has 0 atom stereocenters. The van der Waals surface area contributed by atoms with Gasteiger partial charge in [-0.15, -0.1) is 10.2 Å². The quantitative estimate of drug-likeness (QED) is 0.180. The molecule has 0 unspecified atom stereocenters. The Kier molecular flexibility index (Phi) is 12.1. The number of aryl methyl sites for hydroxylation is 1. The molecule has 3 rings (SSSR count). The van der Waals surface area contributed by atoms with Crippen LogP contribution < -0.4 is 4.74 Å². The number of carbonyl (C=O) groups excluding carboxylic acids is 1. The van der Waals surface area contributed by atoms with Gasteiger partial charge in [-0.25, -0.2) is 0 Å². The molecule has 2 aromatic rings. The molecule has 5 nitrogen and oxygen atoms in total. The number of benzene rings is 1. The second kappa shape index (κ2) is 15.5. The van der Waals surface area contributed by atoms with Crippen molar-refractivity contribution in [3.8, 4) is 23.2 Å². The minimum Gasteiger partial charge on any atom is -0.406 e. The molecule has 1 saturated carbocycles. The molecule has 1 aliphatic rings. The number of rotatable bonds is 15. The van der Waals surface area contributed by atoms with E-state index in [1.54, 1.807) is 6.07 Å². The minimum absolute atomic E-state index is 0.169. The summed E-state index contributed by atoms with van der Waals surface area (Å²) in [6, 6.07) is 14.7. The molecule has 0 N–H and O–H groups in total. The van der Waals surface area contributed by atoms with Gasteiger partial charge in [0, 0.05) is 11.6 Å². The van der Waals surface area contributed by atoms with Gasteiger partial charge in [0.1, 0.15) is 0 Å². The van der Waals surface area contributed by atoms with E-state index in [0.717, 1.165) is 43.4 Å². The minimum atomic E-state index is -0.269. The fourth-order valence-electron chi connectivity index (χ4n) is 5.38. The van der Waals surface area contributed by atoms with Crippen LogP contribution >= 0.6 is 0 Å². The van der Waals surface area contributed by atoms with E-state index in [-0.39, 0.29) is 23.2 Å². The lowest BCUT2D eigenvalue weighted by Crippen LogP contribution is -2.31. The maximum absolute atomic E-state index is 12.8. The Hall–Kier alpha value is -2.74. The average molecular weight is 504 g/mol. The first-order valence-electron chi connectivity index (χ1n) is 14.6. The third-order valence-corrected chi connectivity index (χ3v) is 7.94. The van der Waals surface area contributed by atoms with E-state index in [0.29, 0.717) is 12.8 Å². The van der Waals surface area contributed by atoms with Crippen molar-refractivity contribution in [3.05, 3.63) is 42.0 Å². The zero-order chi connectivity index (χ0) is 26.3. The SMILES string of the molecule is CCCCCCCc1ccc(-c2ccc(OC(=O)[C@H]3CC[C@@](C#N)(CCCCCCC)CC3)nn2)cc1. The van der Waals surface area contributed by atoms with E-state index in [4.69, 9.17) is 4.74 Å². The summed E-state index contributed by atoms with van der Waals surface area (Å²) < 4.78 is 5.57. The van der Waals surface area contributed by atoms with Crippen LogP contribution in [0.15, 0.2) is 36.4 Å². The third-order valence-electron chi connectivity index (χ3n) is 7.94. The van der Waals surface area contributed by atoms with Crippen LogP contribution in [-0.4, -0.2) is 16.2 Å². The number of carbonyl (C=O) groups is 1. The van der Waals surface area contributed by atoms with Crippen molar-refractivity contribution in [3.63, 3.8) is 0 Å². The van der Waals surface area contributed by atoms with Gasteiger partial charge < -0.3 is 4.74 Å². The van der Waals surface area contributed by atoms with Crippen molar-refractivity contribution in [2.24, 2.45) is 11.3 Å². The molecule has 37 heavy (non-hydrogen) atoms. The first-order chi connectivity index (χ1) is 18.1. The Morgan fingerprint density at radius 2 is 1.54 bits per heavy atom. The Morgan fingerprint density at radius 3 is 2.14 bits per heavy atom. The monoisotopic (exact) mass is 503 g/mol. The van der Waals surface area contributed by atoms with E-state index in [9.17, 15) is 10.1 Å². The van der Waals surface area contributed by atoms with E-state index >= 15 is 0 Å². The number of ether oxygens (including phenoxy) is 1. The lowest BCUT2D eigenvalue weighted by molar-refractivity contribution is -0.140. The summed E-state index contributed by atoms with van der Waals surface area (Å²) in [5.74, 6) is -0.178. The molecule has 0 spiro atoms. The van der Waals surface area contributed by atoms with Crippen LogP contribution in [0, 0.1) is 22.7 Å². The van der Waals surface area contributed by atoms with Gasteiger partial charge in [-0.2, -0.15) is 5.26 Å². The van der Waals surface area contributed by atoms with E-state index in [1.165, 1.54) is 63.4 Å². The lowest BCUT2D eigenvalue weighted by Gasteiger charge is -2.34. The zero-order valence-electron chi connectivity index (χ0n) is 23.0. The predicted octanol–water partition coefficient (Wildman–Crippen LogP) is 8.62. The molecular weight excluding hydrogens is 458 g/mol. The second-order valence-electron chi connectivity index (χ2n) is 10.9. The van der Waals surface area contributed by atoms with Crippen molar-refractivity contribution >= 4 is 5.97 Å². The smallest absolute Gasteiger partial charge is 0.315 e. The van der Waals surface area contributed by atoms with Crippen molar-refractivity contribution in [2.75, 3.05) is 0 Å². The Bertz CT molecular complexity index is 971. The normalized spacial score (nSPS) is 19.3. The fourth-order valence-corrected chi connectivity index (χ4v) is 5.38. The number of nitrogens with zero attached hydrogens (tertiary/aromatic N) is 3.